The molecule has 116 valence electrons. The fourth-order valence-electron chi connectivity index (χ4n) is 2.77. The number of amides is 2. The highest BCUT2D eigenvalue weighted by Gasteiger charge is 2.25. The van der Waals surface area contributed by atoms with E-state index in [0.717, 1.165) is 32.4 Å². The normalized spacial score (nSPS) is 17.6. The van der Waals surface area contributed by atoms with E-state index in [1.54, 1.807) is 0 Å². The zero-order valence-electron chi connectivity index (χ0n) is 13.0. The fourth-order valence-corrected chi connectivity index (χ4v) is 2.77. The van der Waals surface area contributed by atoms with Gasteiger partial charge in [-0.25, -0.2) is 4.79 Å². The van der Waals surface area contributed by atoms with Crippen molar-refractivity contribution in [3.63, 3.8) is 0 Å². The number of piperidine rings is 1. The maximum Gasteiger partial charge on any atom is 0.317 e. The smallest absolute Gasteiger partial charge is 0.317 e. The molecule has 1 aliphatic rings. The number of rotatable bonds is 4. The largest absolute Gasteiger partial charge is 0.393 e. The van der Waals surface area contributed by atoms with E-state index in [1.165, 1.54) is 11.1 Å². The van der Waals surface area contributed by atoms with Crippen LogP contribution in [0.25, 0.3) is 0 Å². The molecule has 1 aromatic carbocycles. The summed E-state index contributed by atoms with van der Waals surface area (Å²) in [7, 11) is 0. The topological polar surface area (TPSA) is 52.6 Å². The van der Waals surface area contributed by atoms with Crippen LogP contribution in [0.1, 0.15) is 30.9 Å². The van der Waals surface area contributed by atoms with Crippen molar-refractivity contribution < 1.29 is 9.90 Å². The second kappa shape index (κ2) is 7.46. The molecule has 1 atom stereocenters. The molecule has 0 aromatic heterocycles. The first-order chi connectivity index (χ1) is 10.1. The minimum atomic E-state index is -0.267. The summed E-state index contributed by atoms with van der Waals surface area (Å²) < 4.78 is 0. The van der Waals surface area contributed by atoms with E-state index in [0.29, 0.717) is 12.5 Å². The number of nitrogens with zero attached hydrogens (tertiary/aromatic N) is 1. The molecule has 1 unspecified atom stereocenters. The number of benzene rings is 1. The lowest BCUT2D eigenvalue weighted by Crippen LogP contribution is -2.46. The van der Waals surface area contributed by atoms with Crippen LogP contribution in [-0.4, -0.2) is 41.8 Å². The summed E-state index contributed by atoms with van der Waals surface area (Å²) >= 11 is 0. The fraction of sp³-hybridized carbons (Fsp3) is 0.588. The minimum absolute atomic E-state index is 0.0196. The van der Waals surface area contributed by atoms with Gasteiger partial charge in [0.05, 0.1) is 6.10 Å². The molecule has 2 N–H and O–H groups in total. The Labute approximate surface area is 127 Å². The lowest BCUT2D eigenvalue weighted by atomic mass is 9.92. The van der Waals surface area contributed by atoms with Crippen molar-refractivity contribution in [2.75, 3.05) is 19.6 Å². The number of aryl methyl sites for hydroxylation is 1. The number of nitrogens with one attached hydrogen (secondary N) is 1. The summed E-state index contributed by atoms with van der Waals surface area (Å²) in [5, 5.41) is 12.6. The Hall–Kier alpha value is -1.55. The van der Waals surface area contributed by atoms with Gasteiger partial charge < -0.3 is 15.3 Å². The van der Waals surface area contributed by atoms with Crippen molar-refractivity contribution >= 4 is 6.03 Å². The first-order valence-corrected chi connectivity index (χ1v) is 7.82. The number of carbonyl (C=O) groups is 1. The van der Waals surface area contributed by atoms with Gasteiger partial charge in [0.1, 0.15) is 0 Å². The van der Waals surface area contributed by atoms with Gasteiger partial charge in [-0.1, -0.05) is 29.8 Å². The quantitative estimate of drug-likeness (QED) is 0.894. The predicted octanol–water partition coefficient (Wildman–Crippen LogP) is 2.34. The molecule has 1 saturated heterocycles. The first kappa shape index (κ1) is 15.8. The molecule has 4 nitrogen and oxygen atoms in total. The molecule has 0 spiro atoms. The molecule has 21 heavy (non-hydrogen) atoms. The molecule has 1 heterocycles. The number of hydrogen-bond donors (Lipinski definition) is 2. The Balaban J connectivity index is 1.69. The van der Waals surface area contributed by atoms with Gasteiger partial charge in [-0.3, -0.25) is 0 Å². The lowest BCUT2D eigenvalue weighted by Gasteiger charge is -2.33. The number of hydrogen-bond acceptors (Lipinski definition) is 2. The van der Waals surface area contributed by atoms with Gasteiger partial charge in [0.15, 0.2) is 0 Å². The van der Waals surface area contributed by atoms with Crippen LogP contribution in [0.2, 0.25) is 0 Å². The van der Waals surface area contributed by atoms with Crippen molar-refractivity contribution in [2.45, 2.75) is 39.2 Å². The summed E-state index contributed by atoms with van der Waals surface area (Å²) in [6.45, 7) is 6.06. The van der Waals surface area contributed by atoms with Crippen LogP contribution in [0, 0.1) is 12.8 Å². The first-order valence-electron chi connectivity index (χ1n) is 7.82. The van der Waals surface area contributed by atoms with Crippen LogP contribution in [0.4, 0.5) is 4.79 Å². The van der Waals surface area contributed by atoms with Crippen LogP contribution in [0.3, 0.4) is 0 Å². The third-order valence-electron chi connectivity index (χ3n) is 4.32. The van der Waals surface area contributed by atoms with Crippen LogP contribution >= 0.6 is 0 Å². The molecule has 1 fully saturated rings. The Morgan fingerprint density at radius 1 is 1.33 bits per heavy atom. The highest BCUT2D eigenvalue weighted by molar-refractivity contribution is 5.74. The van der Waals surface area contributed by atoms with Crippen LogP contribution < -0.4 is 5.32 Å². The summed E-state index contributed by atoms with van der Waals surface area (Å²) in [5.41, 5.74) is 2.50. The molecule has 0 saturated carbocycles. The molecular weight excluding hydrogens is 264 g/mol. The average molecular weight is 290 g/mol. The van der Waals surface area contributed by atoms with E-state index in [4.69, 9.17) is 0 Å². The Morgan fingerprint density at radius 2 is 1.95 bits per heavy atom. The standard InChI is InChI=1S/C17H26N2O2/c1-13-3-5-15(6-4-13)7-10-18-17(21)19-11-8-16(9-12-19)14(2)20/h3-6,14,16,20H,7-12H2,1-2H3,(H,18,21). The van der Waals surface area contributed by atoms with E-state index in [2.05, 4.69) is 36.5 Å². The molecule has 0 bridgehead atoms. The van der Waals surface area contributed by atoms with Crippen LogP contribution in [0.5, 0.6) is 0 Å². The second-order valence-electron chi connectivity index (χ2n) is 6.03. The number of aliphatic hydroxyl groups excluding tert-OH is 1. The van der Waals surface area contributed by atoms with Crippen LogP contribution in [-0.2, 0) is 6.42 Å². The zero-order valence-corrected chi connectivity index (χ0v) is 13.0. The van der Waals surface area contributed by atoms with E-state index < -0.39 is 0 Å². The van der Waals surface area contributed by atoms with E-state index in [9.17, 15) is 9.90 Å². The monoisotopic (exact) mass is 290 g/mol. The van der Waals surface area contributed by atoms with Crippen LogP contribution in [0.15, 0.2) is 24.3 Å². The van der Waals surface area contributed by atoms with Crippen molar-refractivity contribution in [2.24, 2.45) is 5.92 Å². The molecule has 1 aliphatic heterocycles. The molecular formula is C17H26N2O2. The predicted molar refractivity (Wildman–Crippen MR) is 84.3 cm³/mol. The molecule has 2 rings (SSSR count). The van der Waals surface area contributed by atoms with Gasteiger partial charge in [0, 0.05) is 19.6 Å². The third kappa shape index (κ3) is 4.74. The number of aliphatic hydroxyl groups is 1. The molecule has 4 heteroatoms. The van der Waals surface area contributed by atoms with E-state index in [1.807, 2.05) is 11.8 Å². The maximum absolute atomic E-state index is 12.1. The van der Waals surface area contributed by atoms with Crippen molar-refractivity contribution in [3.05, 3.63) is 35.4 Å². The lowest BCUT2D eigenvalue weighted by molar-refractivity contribution is 0.0799. The van der Waals surface area contributed by atoms with Crippen molar-refractivity contribution in [3.8, 4) is 0 Å². The Morgan fingerprint density at radius 3 is 2.52 bits per heavy atom. The number of likely N-dealkylation sites (tertiary alicyclic amines) is 1. The highest BCUT2D eigenvalue weighted by Crippen LogP contribution is 2.20. The summed E-state index contributed by atoms with van der Waals surface area (Å²) in [6.07, 6.45) is 2.37. The van der Waals surface area contributed by atoms with Crippen molar-refractivity contribution in [1.29, 1.82) is 0 Å². The highest BCUT2D eigenvalue weighted by atomic mass is 16.3. The van der Waals surface area contributed by atoms with Gasteiger partial charge in [-0.05, 0) is 44.6 Å². The number of urea groups is 1. The molecule has 0 aliphatic carbocycles. The number of carbonyl (C=O) groups excluding carboxylic acids is 1. The summed E-state index contributed by atoms with van der Waals surface area (Å²) in [4.78, 5) is 13.9. The molecule has 1 aromatic rings. The van der Waals surface area contributed by atoms with E-state index >= 15 is 0 Å². The van der Waals surface area contributed by atoms with E-state index in [-0.39, 0.29) is 12.1 Å². The summed E-state index contributed by atoms with van der Waals surface area (Å²) in [5.74, 6) is 0.335. The van der Waals surface area contributed by atoms with Gasteiger partial charge in [-0.15, -0.1) is 0 Å². The minimum Gasteiger partial charge on any atom is -0.393 e. The van der Waals surface area contributed by atoms with Gasteiger partial charge in [0.25, 0.3) is 0 Å². The molecule has 0 radical (unpaired) electrons. The van der Waals surface area contributed by atoms with Gasteiger partial charge in [-0.2, -0.15) is 0 Å². The zero-order chi connectivity index (χ0) is 15.2. The Kier molecular flexibility index (Phi) is 5.62. The third-order valence-corrected chi connectivity index (χ3v) is 4.32. The van der Waals surface area contributed by atoms with Gasteiger partial charge in [0.2, 0.25) is 0 Å². The average Bonchev–Trinajstić information content (AvgIpc) is 2.49. The second-order valence-corrected chi connectivity index (χ2v) is 6.03. The maximum atomic E-state index is 12.1. The SMILES string of the molecule is Cc1ccc(CCNC(=O)N2CCC(C(C)O)CC2)cc1. The van der Waals surface area contributed by atoms with Gasteiger partial charge >= 0.3 is 6.03 Å². The van der Waals surface area contributed by atoms with Crippen molar-refractivity contribution in [1.82, 2.24) is 10.2 Å². The summed E-state index contributed by atoms with van der Waals surface area (Å²) in [6, 6.07) is 8.42. The Bertz CT molecular complexity index is 448. The molecule has 2 amide bonds.